The fourth-order valence-corrected chi connectivity index (χ4v) is 3.30. The molecule has 0 bridgehead atoms. The summed E-state index contributed by atoms with van der Waals surface area (Å²) < 4.78 is 6.69. The van der Waals surface area contributed by atoms with Crippen LogP contribution in [0.25, 0.3) is 10.1 Å². The molecule has 1 unspecified atom stereocenters. The Hall–Kier alpha value is -1.19. The average molecular weight is 246 g/mol. The molecule has 17 heavy (non-hydrogen) atoms. The van der Waals surface area contributed by atoms with E-state index >= 15 is 0 Å². The summed E-state index contributed by atoms with van der Waals surface area (Å²) in [4.78, 5) is 11.8. The standard InChI is InChI=1S/C14H14O2S/c15-13-5-6-16-8-10(13)7-11-9-17-14-4-2-1-3-12(11)14/h1-4,9-10H,5-8H2. The number of fused-ring (bicyclic) bond motifs is 1. The molecule has 1 aromatic heterocycles. The number of carbonyl (C=O) groups excluding carboxylic acids is 1. The summed E-state index contributed by atoms with van der Waals surface area (Å²) in [5, 5.41) is 3.46. The lowest BCUT2D eigenvalue weighted by molar-refractivity contribution is -0.130. The molecule has 0 N–H and O–H groups in total. The predicted octanol–water partition coefficient (Wildman–Crippen LogP) is 3.05. The molecular formula is C14H14O2S. The molecule has 2 nitrogen and oxygen atoms in total. The Bertz CT molecular complexity index is 544. The van der Waals surface area contributed by atoms with E-state index in [4.69, 9.17) is 4.74 Å². The number of rotatable bonds is 2. The molecule has 0 amide bonds. The van der Waals surface area contributed by atoms with Gasteiger partial charge >= 0.3 is 0 Å². The first kappa shape index (κ1) is 10.9. The minimum absolute atomic E-state index is 0.0572. The molecule has 0 aliphatic carbocycles. The van der Waals surface area contributed by atoms with Crippen molar-refractivity contribution in [3.63, 3.8) is 0 Å². The molecule has 0 radical (unpaired) electrons. The van der Waals surface area contributed by atoms with Crippen LogP contribution in [0, 0.1) is 5.92 Å². The molecule has 1 saturated heterocycles. The van der Waals surface area contributed by atoms with E-state index in [-0.39, 0.29) is 5.92 Å². The highest BCUT2D eigenvalue weighted by Gasteiger charge is 2.23. The molecule has 3 rings (SSSR count). The Morgan fingerprint density at radius 3 is 3.12 bits per heavy atom. The summed E-state index contributed by atoms with van der Waals surface area (Å²) in [5.41, 5.74) is 1.29. The molecule has 1 aliphatic rings. The van der Waals surface area contributed by atoms with Crippen LogP contribution >= 0.6 is 11.3 Å². The molecule has 1 aliphatic heterocycles. The number of Topliss-reactive ketones (excluding diaryl/α,β-unsaturated/α-hetero) is 1. The van der Waals surface area contributed by atoms with Crippen molar-refractivity contribution in [2.24, 2.45) is 5.92 Å². The lowest BCUT2D eigenvalue weighted by atomic mass is 9.93. The zero-order chi connectivity index (χ0) is 11.7. The summed E-state index contributed by atoms with van der Waals surface area (Å²) in [7, 11) is 0. The third-order valence-electron chi connectivity index (χ3n) is 3.29. The van der Waals surface area contributed by atoms with Crippen molar-refractivity contribution < 1.29 is 9.53 Å². The van der Waals surface area contributed by atoms with E-state index < -0.39 is 0 Å². The third kappa shape index (κ3) is 2.13. The topological polar surface area (TPSA) is 26.3 Å². The molecule has 3 heteroatoms. The molecule has 88 valence electrons. The van der Waals surface area contributed by atoms with Crippen LogP contribution in [0.3, 0.4) is 0 Å². The summed E-state index contributed by atoms with van der Waals surface area (Å²) in [5.74, 6) is 0.410. The summed E-state index contributed by atoms with van der Waals surface area (Å²) in [6.07, 6.45) is 1.40. The van der Waals surface area contributed by atoms with Crippen molar-refractivity contribution in [1.29, 1.82) is 0 Å². The van der Waals surface area contributed by atoms with Gasteiger partial charge in [-0.05, 0) is 28.8 Å². The van der Waals surface area contributed by atoms with Gasteiger partial charge in [0.2, 0.25) is 0 Å². The molecule has 1 fully saturated rings. The largest absolute Gasteiger partial charge is 0.380 e. The zero-order valence-corrected chi connectivity index (χ0v) is 10.3. The minimum Gasteiger partial charge on any atom is -0.380 e. The third-order valence-corrected chi connectivity index (χ3v) is 4.31. The van der Waals surface area contributed by atoms with E-state index in [0.29, 0.717) is 25.4 Å². The predicted molar refractivity (Wildman–Crippen MR) is 69.5 cm³/mol. The van der Waals surface area contributed by atoms with Gasteiger partial charge in [-0.25, -0.2) is 0 Å². The number of benzene rings is 1. The molecular weight excluding hydrogens is 232 g/mol. The second-order valence-electron chi connectivity index (χ2n) is 4.45. The highest BCUT2D eigenvalue weighted by Crippen LogP contribution is 2.28. The van der Waals surface area contributed by atoms with Gasteiger partial charge in [0, 0.05) is 17.0 Å². The minimum atomic E-state index is 0.0572. The molecule has 0 saturated carbocycles. The van der Waals surface area contributed by atoms with Gasteiger partial charge in [0.1, 0.15) is 5.78 Å². The normalized spacial score (nSPS) is 20.9. The van der Waals surface area contributed by atoms with Crippen molar-refractivity contribution in [1.82, 2.24) is 0 Å². The second-order valence-corrected chi connectivity index (χ2v) is 5.36. The highest BCUT2D eigenvalue weighted by molar-refractivity contribution is 7.17. The monoisotopic (exact) mass is 246 g/mol. The molecule has 2 heterocycles. The molecule has 1 aromatic carbocycles. The van der Waals surface area contributed by atoms with Gasteiger partial charge in [0.15, 0.2) is 0 Å². The number of carbonyl (C=O) groups is 1. The van der Waals surface area contributed by atoms with E-state index in [1.807, 2.05) is 0 Å². The van der Waals surface area contributed by atoms with E-state index in [9.17, 15) is 4.79 Å². The fourth-order valence-electron chi connectivity index (χ4n) is 2.32. The maximum Gasteiger partial charge on any atom is 0.140 e. The average Bonchev–Trinajstić information content (AvgIpc) is 2.76. The first-order valence-corrected chi connectivity index (χ1v) is 6.78. The van der Waals surface area contributed by atoms with Crippen LogP contribution in [0.2, 0.25) is 0 Å². The van der Waals surface area contributed by atoms with Gasteiger partial charge in [0.25, 0.3) is 0 Å². The van der Waals surface area contributed by atoms with Gasteiger partial charge < -0.3 is 4.74 Å². The number of thiophene rings is 1. The lowest BCUT2D eigenvalue weighted by Crippen LogP contribution is -2.29. The van der Waals surface area contributed by atoms with Crippen LogP contribution in [-0.2, 0) is 16.0 Å². The summed E-state index contributed by atoms with van der Waals surface area (Å²) in [6, 6.07) is 8.37. The first-order valence-electron chi connectivity index (χ1n) is 5.90. The second kappa shape index (κ2) is 4.59. The quantitative estimate of drug-likeness (QED) is 0.814. The smallest absolute Gasteiger partial charge is 0.140 e. The Morgan fingerprint density at radius 1 is 1.35 bits per heavy atom. The lowest BCUT2D eigenvalue weighted by Gasteiger charge is -2.20. The maximum atomic E-state index is 11.8. The van der Waals surface area contributed by atoms with E-state index in [2.05, 4.69) is 29.6 Å². The van der Waals surface area contributed by atoms with Crippen LogP contribution in [0.1, 0.15) is 12.0 Å². The molecule has 0 spiro atoms. The van der Waals surface area contributed by atoms with E-state index in [1.54, 1.807) is 11.3 Å². The highest BCUT2D eigenvalue weighted by atomic mass is 32.1. The number of ether oxygens (including phenoxy) is 1. The van der Waals surface area contributed by atoms with Crippen molar-refractivity contribution >= 4 is 27.2 Å². The van der Waals surface area contributed by atoms with Crippen LogP contribution in [0.5, 0.6) is 0 Å². The number of hydrogen-bond acceptors (Lipinski definition) is 3. The van der Waals surface area contributed by atoms with Crippen molar-refractivity contribution in [3.05, 3.63) is 35.2 Å². The van der Waals surface area contributed by atoms with Crippen molar-refractivity contribution in [3.8, 4) is 0 Å². The van der Waals surface area contributed by atoms with Gasteiger partial charge in [-0.1, -0.05) is 18.2 Å². The Kier molecular flexibility index (Phi) is 2.95. The van der Waals surface area contributed by atoms with Crippen LogP contribution in [0.4, 0.5) is 0 Å². The van der Waals surface area contributed by atoms with Gasteiger partial charge in [-0.2, -0.15) is 0 Å². The van der Waals surface area contributed by atoms with Gasteiger partial charge in [0.05, 0.1) is 13.2 Å². The van der Waals surface area contributed by atoms with Crippen LogP contribution < -0.4 is 0 Å². The van der Waals surface area contributed by atoms with Crippen molar-refractivity contribution in [2.75, 3.05) is 13.2 Å². The number of hydrogen-bond donors (Lipinski definition) is 0. The zero-order valence-electron chi connectivity index (χ0n) is 9.52. The summed E-state index contributed by atoms with van der Waals surface area (Å²) >= 11 is 1.75. The number of ketones is 1. The Labute approximate surface area is 104 Å². The Morgan fingerprint density at radius 2 is 2.24 bits per heavy atom. The molecule has 2 aromatic rings. The van der Waals surface area contributed by atoms with Crippen molar-refractivity contribution in [2.45, 2.75) is 12.8 Å². The van der Waals surface area contributed by atoms with Gasteiger partial charge in [-0.15, -0.1) is 11.3 Å². The van der Waals surface area contributed by atoms with Crippen LogP contribution in [0.15, 0.2) is 29.6 Å². The molecule has 1 atom stereocenters. The summed E-state index contributed by atoms with van der Waals surface area (Å²) in [6.45, 7) is 1.18. The van der Waals surface area contributed by atoms with E-state index in [1.165, 1.54) is 15.6 Å². The SMILES string of the molecule is O=C1CCOCC1Cc1csc2ccccc12. The van der Waals surface area contributed by atoms with Crippen LogP contribution in [-0.4, -0.2) is 19.0 Å². The van der Waals surface area contributed by atoms with Gasteiger partial charge in [-0.3, -0.25) is 4.79 Å². The maximum absolute atomic E-state index is 11.8. The van der Waals surface area contributed by atoms with E-state index in [0.717, 1.165) is 6.42 Å². The Balaban J connectivity index is 1.87. The first-order chi connectivity index (χ1) is 8.34. The fraction of sp³-hybridized carbons (Fsp3) is 0.357.